The highest BCUT2D eigenvalue weighted by molar-refractivity contribution is 5.96. The van der Waals surface area contributed by atoms with Gasteiger partial charge in [-0.1, -0.05) is 25.1 Å². The third-order valence-corrected chi connectivity index (χ3v) is 2.90. The zero-order chi connectivity index (χ0) is 14.4. The van der Waals surface area contributed by atoms with Gasteiger partial charge in [-0.05, 0) is 36.8 Å². The minimum atomic E-state index is -0.0928. The van der Waals surface area contributed by atoms with Crippen LogP contribution < -0.4 is 16.4 Å². The van der Waals surface area contributed by atoms with E-state index >= 15 is 0 Å². The van der Waals surface area contributed by atoms with Gasteiger partial charge in [0.05, 0.1) is 11.4 Å². The van der Waals surface area contributed by atoms with E-state index in [9.17, 15) is 4.79 Å². The maximum Gasteiger partial charge on any atom is 0.251 e. The van der Waals surface area contributed by atoms with Crippen LogP contribution in [0.5, 0.6) is 0 Å². The van der Waals surface area contributed by atoms with Gasteiger partial charge >= 0.3 is 0 Å². The molecule has 0 spiro atoms. The van der Waals surface area contributed by atoms with E-state index in [2.05, 4.69) is 10.6 Å². The Morgan fingerprint density at radius 3 is 2.55 bits per heavy atom. The predicted octanol–water partition coefficient (Wildman–Crippen LogP) is 3.15. The number of carbonyl (C=O) groups is 1. The van der Waals surface area contributed by atoms with E-state index in [0.29, 0.717) is 17.8 Å². The third-order valence-electron chi connectivity index (χ3n) is 2.90. The van der Waals surface area contributed by atoms with Crippen molar-refractivity contribution in [1.29, 1.82) is 0 Å². The molecule has 2 aromatic carbocycles. The summed E-state index contributed by atoms with van der Waals surface area (Å²) in [5.74, 6) is -0.0928. The van der Waals surface area contributed by atoms with Crippen molar-refractivity contribution in [2.75, 3.05) is 17.6 Å². The molecule has 0 aliphatic heterocycles. The van der Waals surface area contributed by atoms with Crippen LogP contribution >= 0.6 is 0 Å². The first-order valence-electron chi connectivity index (χ1n) is 6.70. The van der Waals surface area contributed by atoms with Crippen molar-refractivity contribution in [2.24, 2.45) is 0 Å². The monoisotopic (exact) mass is 269 g/mol. The van der Waals surface area contributed by atoms with Gasteiger partial charge in [-0.15, -0.1) is 0 Å². The van der Waals surface area contributed by atoms with Crippen LogP contribution in [-0.2, 0) is 0 Å². The summed E-state index contributed by atoms with van der Waals surface area (Å²) in [6.45, 7) is 2.68. The van der Waals surface area contributed by atoms with Crippen LogP contribution in [0.4, 0.5) is 17.1 Å². The van der Waals surface area contributed by atoms with Crippen molar-refractivity contribution in [2.45, 2.75) is 13.3 Å². The van der Waals surface area contributed by atoms with Crippen molar-refractivity contribution < 1.29 is 4.79 Å². The lowest BCUT2D eigenvalue weighted by Gasteiger charge is -2.11. The minimum absolute atomic E-state index is 0.0928. The molecule has 0 aliphatic carbocycles. The number of para-hydroxylation sites is 1. The van der Waals surface area contributed by atoms with Crippen LogP contribution in [-0.4, -0.2) is 12.5 Å². The van der Waals surface area contributed by atoms with E-state index in [1.807, 2.05) is 43.3 Å². The van der Waals surface area contributed by atoms with Crippen molar-refractivity contribution >= 4 is 23.0 Å². The number of anilines is 3. The number of carbonyl (C=O) groups excluding carboxylic acids is 1. The number of hydrogen-bond acceptors (Lipinski definition) is 3. The number of nitrogen functional groups attached to an aromatic ring is 1. The molecule has 104 valence electrons. The molecule has 0 aliphatic rings. The van der Waals surface area contributed by atoms with Crippen molar-refractivity contribution in [3.63, 3.8) is 0 Å². The lowest BCUT2D eigenvalue weighted by Crippen LogP contribution is -2.24. The van der Waals surface area contributed by atoms with E-state index < -0.39 is 0 Å². The Bertz CT molecular complexity index is 582. The highest BCUT2D eigenvalue weighted by atomic mass is 16.1. The highest BCUT2D eigenvalue weighted by Gasteiger charge is 2.07. The molecule has 0 atom stereocenters. The van der Waals surface area contributed by atoms with E-state index in [-0.39, 0.29) is 5.91 Å². The molecule has 1 amide bonds. The molecule has 0 bridgehead atoms. The van der Waals surface area contributed by atoms with Gasteiger partial charge in [-0.3, -0.25) is 4.79 Å². The second kappa shape index (κ2) is 6.61. The average Bonchev–Trinajstić information content (AvgIpc) is 2.48. The van der Waals surface area contributed by atoms with Crippen LogP contribution in [0.2, 0.25) is 0 Å². The van der Waals surface area contributed by atoms with Crippen molar-refractivity contribution in [1.82, 2.24) is 5.32 Å². The van der Waals surface area contributed by atoms with Crippen LogP contribution in [0, 0.1) is 0 Å². The van der Waals surface area contributed by atoms with Crippen LogP contribution in [0.3, 0.4) is 0 Å². The van der Waals surface area contributed by atoms with E-state index in [4.69, 9.17) is 5.73 Å². The second-order valence-corrected chi connectivity index (χ2v) is 4.55. The summed E-state index contributed by atoms with van der Waals surface area (Å²) in [5, 5.41) is 6.05. The number of amides is 1. The topological polar surface area (TPSA) is 67.2 Å². The van der Waals surface area contributed by atoms with Crippen molar-refractivity contribution in [3.05, 3.63) is 54.1 Å². The standard InChI is InChI=1S/C16H19N3O/c1-2-10-18-16(20)12-8-9-15(14(17)11-12)19-13-6-4-3-5-7-13/h3-9,11,19H,2,10,17H2,1H3,(H,18,20). The average molecular weight is 269 g/mol. The summed E-state index contributed by atoms with van der Waals surface area (Å²) in [4.78, 5) is 11.8. The first-order valence-corrected chi connectivity index (χ1v) is 6.70. The molecule has 0 fully saturated rings. The van der Waals surface area contributed by atoms with E-state index in [0.717, 1.165) is 17.8 Å². The first kappa shape index (κ1) is 13.9. The van der Waals surface area contributed by atoms with Crippen molar-refractivity contribution in [3.8, 4) is 0 Å². The normalized spacial score (nSPS) is 10.1. The zero-order valence-electron chi connectivity index (χ0n) is 11.5. The van der Waals surface area contributed by atoms with Gasteiger partial charge in [-0.25, -0.2) is 0 Å². The number of nitrogens with one attached hydrogen (secondary N) is 2. The summed E-state index contributed by atoms with van der Waals surface area (Å²) in [7, 11) is 0. The lowest BCUT2D eigenvalue weighted by molar-refractivity contribution is 0.0953. The fraction of sp³-hybridized carbons (Fsp3) is 0.188. The fourth-order valence-corrected chi connectivity index (χ4v) is 1.84. The molecule has 0 aromatic heterocycles. The smallest absolute Gasteiger partial charge is 0.251 e. The largest absolute Gasteiger partial charge is 0.397 e. The molecule has 0 unspecified atom stereocenters. The number of nitrogens with two attached hydrogens (primary N) is 1. The highest BCUT2D eigenvalue weighted by Crippen LogP contribution is 2.24. The molecule has 2 rings (SSSR count). The first-order chi connectivity index (χ1) is 9.70. The number of rotatable bonds is 5. The third kappa shape index (κ3) is 3.51. The Labute approximate surface area is 119 Å². The summed E-state index contributed by atoms with van der Waals surface area (Å²) in [5.41, 5.74) is 8.88. The van der Waals surface area contributed by atoms with Crippen LogP contribution in [0.1, 0.15) is 23.7 Å². The molecular weight excluding hydrogens is 250 g/mol. The summed E-state index contributed by atoms with van der Waals surface area (Å²) < 4.78 is 0. The van der Waals surface area contributed by atoms with Gasteiger partial charge in [0.15, 0.2) is 0 Å². The predicted molar refractivity (Wildman–Crippen MR) is 83.2 cm³/mol. The molecule has 4 nitrogen and oxygen atoms in total. The number of hydrogen-bond donors (Lipinski definition) is 3. The van der Waals surface area contributed by atoms with Crippen LogP contribution in [0.15, 0.2) is 48.5 Å². The van der Waals surface area contributed by atoms with Gasteiger partial charge in [0.1, 0.15) is 0 Å². The van der Waals surface area contributed by atoms with Gasteiger partial charge in [0.2, 0.25) is 0 Å². The van der Waals surface area contributed by atoms with Crippen LogP contribution in [0.25, 0.3) is 0 Å². The van der Waals surface area contributed by atoms with Gasteiger partial charge in [0, 0.05) is 17.8 Å². The molecule has 2 aromatic rings. The Kier molecular flexibility index (Phi) is 4.60. The van der Waals surface area contributed by atoms with Gasteiger partial charge < -0.3 is 16.4 Å². The molecular formula is C16H19N3O. The zero-order valence-corrected chi connectivity index (χ0v) is 11.5. The van der Waals surface area contributed by atoms with E-state index in [1.165, 1.54) is 0 Å². The molecule has 0 saturated carbocycles. The molecule has 20 heavy (non-hydrogen) atoms. The summed E-state index contributed by atoms with van der Waals surface area (Å²) in [6, 6.07) is 15.1. The molecule has 4 heteroatoms. The maximum absolute atomic E-state index is 11.8. The lowest BCUT2D eigenvalue weighted by atomic mass is 10.1. The maximum atomic E-state index is 11.8. The Morgan fingerprint density at radius 1 is 1.15 bits per heavy atom. The summed E-state index contributed by atoms with van der Waals surface area (Å²) in [6.07, 6.45) is 0.912. The SMILES string of the molecule is CCCNC(=O)c1ccc(Nc2ccccc2)c(N)c1. The number of benzene rings is 2. The van der Waals surface area contributed by atoms with E-state index in [1.54, 1.807) is 12.1 Å². The Balaban J connectivity index is 2.12. The Morgan fingerprint density at radius 2 is 1.90 bits per heavy atom. The van der Waals surface area contributed by atoms with Gasteiger partial charge in [-0.2, -0.15) is 0 Å². The Hall–Kier alpha value is -2.49. The quantitative estimate of drug-likeness (QED) is 0.730. The minimum Gasteiger partial charge on any atom is -0.397 e. The molecule has 0 saturated heterocycles. The molecule has 4 N–H and O–H groups in total. The fourth-order valence-electron chi connectivity index (χ4n) is 1.84. The second-order valence-electron chi connectivity index (χ2n) is 4.55. The van der Waals surface area contributed by atoms with Gasteiger partial charge in [0.25, 0.3) is 5.91 Å². The summed E-state index contributed by atoms with van der Waals surface area (Å²) >= 11 is 0. The molecule has 0 heterocycles. The molecule has 0 radical (unpaired) electrons.